The fraction of sp³-hybridized carbons (Fsp3) is 0.615. The summed E-state index contributed by atoms with van der Waals surface area (Å²) in [7, 11) is 0. The molecule has 1 atom stereocenters. The van der Waals surface area contributed by atoms with Crippen LogP contribution in [0.4, 0.5) is 0 Å². The average Bonchev–Trinajstić information content (AvgIpc) is 2.56. The second-order valence-electron chi connectivity index (χ2n) is 5.24. The lowest BCUT2D eigenvalue weighted by Gasteiger charge is -2.26. The number of rotatable bonds is 6. The van der Waals surface area contributed by atoms with Crippen LogP contribution in [0, 0.1) is 5.41 Å². The molecule has 1 heterocycles. The summed E-state index contributed by atoms with van der Waals surface area (Å²) in [5.41, 5.74) is 6.75. The minimum atomic E-state index is -0.247. The van der Waals surface area contributed by atoms with Crippen LogP contribution < -0.4 is 5.73 Å². The summed E-state index contributed by atoms with van der Waals surface area (Å²) in [6.07, 6.45) is 0.975. The van der Waals surface area contributed by atoms with E-state index in [1.54, 1.807) is 13.0 Å². The first-order chi connectivity index (χ1) is 8.75. The Morgan fingerprint density at radius 1 is 1.53 bits per heavy atom. The lowest BCUT2D eigenvalue weighted by atomic mass is 9.81. The summed E-state index contributed by atoms with van der Waals surface area (Å²) in [5.74, 6) is -0.200. The smallest absolute Gasteiger partial charge is 0.306 e. The Bertz CT molecular complexity index is 446. The van der Waals surface area contributed by atoms with E-state index in [1.165, 1.54) is 11.3 Å². The summed E-state index contributed by atoms with van der Waals surface area (Å²) in [4.78, 5) is 11.5. The van der Waals surface area contributed by atoms with Crippen LogP contribution in [0.2, 0.25) is 8.67 Å². The molecule has 0 aliphatic rings. The van der Waals surface area contributed by atoms with Crippen molar-refractivity contribution in [1.29, 1.82) is 0 Å². The quantitative estimate of drug-likeness (QED) is 0.788. The number of carbonyl (C=O) groups is 1. The van der Waals surface area contributed by atoms with E-state index < -0.39 is 0 Å². The van der Waals surface area contributed by atoms with Gasteiger partial charge in [0.15, 0.2) is 0 Å². The minimum absolute atomic E-state index is 0.200. The Hall–Kier alpha value is -0.290. The van der Waals surface area contributed by atoms with Gasteiger partial charge >= 0.3 is 5.97 Å². The van der Waals surface area contributed by atoms with Gasteiger partial charge in [0.2, 0.25) is 0 Å². The van der Waals surface area contributed by atoms with Gasteiger partial charge in [-0.05, 0) is 30.4 Å². The molecule has 0 aliphatic heterocycles. The van der Waals surface area contributed by atoms with E-state index in [2.05, 4.69) is 0 Å². The molecule has 2 N–H and O–H groups in total. The van der Waals surface area contributed by atoms with E-state index in [0.717, 1.165) is 5.56 Å². The fourth-order valence-corrected chi connectivity index (χ4v) is 3.58. The number of thiophene rings is 1. The van der Waals surface area contributed by atoms with E-state index in [-0.39, 0.29) is 17.4 Å². The Morgan fingerprint density at radius 3 is 2.63 bits per heavy atom. The monoisotopic (exact) mass is 323 g/mol. The fourth-order valence-electron chi connectivity index (χ4n) is 1.99. The maximum absolute atomic E-state index is 11.5. The van der Waals surface area contributed by atoms with Gasteiger partial charge in [0.1, 0.15) is 0 Å². The lowest BCUT2D eigenvalue weighted by Crippen LogP contribution is -2.25. The summed E-state index contributed by atoms with van der Waals surface area (Å²) in [6.45, 7) is 6.17. The summed E-state index contributed by atoms with van der Waals surface area (Å²) in [6, 6.07) is 1.56. The Labute approximate surface area is 128 Å². The molecular formula is C13H19Cl2NO2S. The van der Waals surface area contributed by atoms with Crippen molar-refractivity contribution >= 4 is 40.5 Å². The van der Waals surface area contributed by atoms with Crippen LogP contribution >= 0.6 is 34.5 Å². The van der Waals surface area contributed by atoms with Crippen molar-refractivity contribution in [3.63, 3.8) is 0 Å². The molecule has 3 nitrogen and oxygen atoms in total. The van der Waals surface area contributed by atoms with Crippen molar-refractivity contribution in [1.82, 2.24) is 0 Å². The molecule has 0 spiro atoms. The number of esters is 1. The minimum Gasteiger partial charge on any atom is -0.466 e. The molecule has 0 aliphatic carbocycles. The van der Waals surface area contributed by atoms with Crippen LogP contribution in [-0.4, -0.2) is 12.6 Å². The highest BCUT2D eigenvalue weighted by Crippen LogP contribution is 2.39. The lowest BCUT2D eigenvalue weighted by molar-refractivity contribution is -0.145. The van der Waals surface area contributed by atoms with Crippen LogP contribution in [-0.2, 0) is 9.53 Å². The first kappa shape index (κ1) is 16.8. The molecule has 1 aromatic rings. The van der Waals surface area contributed by atoms with Crippen LogP contribution in [0.15, 0.2) is 6.07 Å². The molecule has 0 fully saturated rings. The predicted octanol–water partition coefficient (Wildman–Crippen LogP) is 4.42. The maximum atomic E-state index is 11.5. The summed E-state index contributed by atoms with van der Waals surface area (Å²) >= 11 is 13.3. The molecule has 6 heteroatoms. The van der Waals surface area contributed by atoms with Crippen molar-refractivity contribution in [2.45, 2.75) is 39.7 Å². The van der Waals surface area contributed by atoms with E-state index >= 15 is 0 Å². The molecule has 0 radical (unpaired) electrons. The van der Waals surface area contributed by atoms with Gasteiger partial charge < -0.3 is 10.5 Å². The first-order valence-corrected chi connectivity index (χ1v) is 7.68. The Balaban J connectivity index is 2.67. The number of hydrogen-bond acceptors (Lipinski definition) is 4. The summed E-state index contributed by atoms with van der Waals surface area (Å²) in [5, 5.41) is 0. The van der Waals surface area contributed by atoms with E-state index in [9.17, 15) is 4.79 Å². The van der Waals surface area contributed by atoms with Crippen molar-refractivity contribution in [3.8, 4) is 0 Å². The number of carbonyl (C=O) groups excluding carboxylic acids is 1. The Kier molecular flexibility index (Phi) is 6.12. The molecule has 0 saturated carbocycles. The third-order valence-corrected chi connectivity index (χ3v) is 4.30. The highest BCUT2D eigenvalue weighted by Gasteiger charge is 2.27. The molecule has 0 amide bonds. The molecule has 1 unspecified atom stereocenters. The Morgan fingerprint density at radius 2 is 2.16 bits per heavy atom. The molecule has 0 aromatic carbocycles. The van der Waals surface area contributed by atoms with Crippen molar-refractivity contribution in [2.24, 2.45) is 11.1 Å². The molecule has 1 aromatic heterocycles. The molecule has 0 bridgehead atoms. The molecule has 0 saturated heterocycles. The third kappa shape index (κ3) is 5.30. The zero-order chi connectivity index (χ0) is 14.6. The van der Waals surface area contributed by atoms with E-state index in [1.807, 2.05) is 13.8 Å². The maximum Gasteiger partial charge on any atom is 0.306 e. The zero-order valence-electron chi connectivity index (χ0n) is 11.3. The van der Waals surface area contributed by atoms with Gasteiger partial charge in [-0.1, -0.05) is 37.0 Å². The first-order valence-electron chi connectivity index (χ1n) is 6.11. The molecule has 1 rings (SSSR count). The molecule has 19 heavy (non-hydrogen) atoms. The van der Waals surface area contributed by atoms with Gasteiger partial charge in [-0.15, -0.1) is 11.3 Å². The number of hydrogen-bond donors (Lipinski definition) is 1. The SMILES string of the molecule is CCOC(=O)CC(C)(C)CC(N)c1cc(Cl)sc1Cl. The largest absolute Gasteiger partial charge is 0.466 e. The van der Waals surface area contributed by atoms with Crippen LogP contribution in [0.1, 0.15) is 45.2 Å². The van der Waals surface area contributed by atoms with Gasteiger partial charge in [-0.25, -0.2) is 0 Å². The van der Waals surface area contributed by atoms with Crippen molar-refractivity contribution in [2.75, 3.05) is 6.61 Å². The highest BCUT2D eigenvalue weighted by atomic mass is 35.5. The second-order valence-corrected chi connectivity index (χ2v) is 7.52. The van der Waals surface area contributed by atoms with Crippen molar-refractivity contribution < 1.29 is 9.53 Å². The molecule has 108 valence electrons. The second kappa shape index (κ2) is 6.93. The molecular weight excluding hydrogens is 305 g/mol. The highest BCUT2D eigenvalue weighted by molar-refractivity contribution is 7.20. The van der Waals surface area contributed by atoms with Crippen LogP contribution in [0.25, 0.3) is 0 Å². The van der Waals surface area contributed by atoms with Crippen molar-refractivity contribution in [3.05, 3.63) is 20.3 Å². The van der Waals surface area contributed by atoms with Gasteiger partial charge in [-0.3, -0.25) is 4.79 Å². The normalized spacial score (nSPS) is 13.4. The van der Waals surface area contributed by atoms with E-state index in [4.69, 9.17) is 33.7 Å². The predicted molar refractivity (Wildman–Crippen MR) is 80.9 cm³/mol. The van der Waals surface area contributed by atoms with E-state index in [0.29, 0.717) is 28.1 Å². The standard InChI is InChI=1S/C13H19Cl2NO2S/c1-4-18-11(17)7-13(2,3)6-9(16)8-5-10(14)19-12(8)15/h5,9H,4,6-7,16H2,1-3H3. The van der Waals surface area contributed by atoms with Gasteiger partial charge in [-0.2, -0.15) is 0 Å². The number of nitrogens with two attached hydrogens (primary N) is 1. The number of ether oxygens (including phenoxy) is 1. The van der Waals surface area contributed by atoms with Crippen LogP contribution in [0.3, 0.4) is 0 Å². The third-order valence-electron chi connectivity index (χ3n) is 2.78. The number of halogens is 2. The van der Waals surface area contributed by atoms with Crippen LogP contribution in [0.5, 0.6) is 0 Å². The topological polar surface area (TPSA) is 52.3 Å². The zero-order valence-corrected chi connectivity index (χ0v) is 13.7. The van der Waals surface area contributed by atoms with Gasteiger partial charge in [0.05, 0.1) is 21.7 Å². The van der Waals surface area contributed by atoms with Gasteiger partial charge in [0.25, 0.3) is 0 Å². The summed E-state index contributed by atoms with van der Waals surface area (Å²) < 4.78 is 6.21. The average molecular weight is 324 g/mol. The van der Waals surface area contributed by atoms with Gasteiger partial charge in [0, 0.05) is 6.04 Å².